The van der Waals surface area contributed by atoms with Gasteiger partial charge < -0.3 is 19.5 Å². The number of carbonyl (C=O) groups excluding carboxylic acids is 2. The number of nitrogens with zero attached hydrogens (tertiary/aromatic N) is 2. The Morgan fingerprint density at radius 1 is 1.03 bits per heavy atom. The van der Waals surface area contributed by atoms with E-state index in [0.717, 1.165) is 10.6 Å². The van der Waals surface area contributed by atoms with Crippen molar-refractivity contribution in [2.24, 2.45) is 0 Å². The van der Waals surface area contributed by atoms with Gasteiger partial charge >= 0.3 is 0 Å². The third kappa shape index (κ3) is 3.93. The molecule has 1 unspecified atom stereocenters. The number of ketones is 1. The van der Waals surface area contributed by atoms with Crippen LogP contribution in [-0.4, -0.2) is 45.1 Å². The molecule has 7 nitrogen and oxygen atoms in total. The van der Waals surface area contributed by atoms with Gasteiger partial charge in [-0.1, -0.05) is 6.07 Å². The van der Waals surface area contributed by atoms with E-state index in [-0.39, 0.29) is 11.3 Å². The molecule has 8 heteroatoms. The molecule has 2 aromatic carbocycles. The molecular formula is C25H24N2O5S. The fraction of sp³-hybridized carbons (Fsp3) is 0.200. The number of aliphatic hydroxyl groups is 1. The summed E-state index contributed by atoms with van der Waals surface area (Å²) in [6.07, 6.45) is 0. The SMILES string of the molecule is COc1ccc(/C(O)=C2/C(=O)C(=O)N(c3ccc(N(C)C)cc3)C2c2cccs2)c(OC)c1. The molecule has 1 aliphatic rings. The molecule has 0 aliphatic carbocycles. The molecule has 4 rings (SSSR count). The zero-order valence-corrected chi connectivity index (χ0v) is 19.6. The minimum atomic E-state index is -0.762. The molecule has 1 atom stereocenters. The van der Waals surface area contributed by atoms with Gasteiger partial charge in [0.25, 0.3) is 11.7 Å². The Balaban J connectivity index is 1.89. The van der Waals surface area contributed by atoms with E-state index in [1.165, 1.54) is 30.5 Å². The van der Waals surface area contributed by atoms with Crippen molar-refractivity contribution in [3.05, 3.63) is 76.0 Å². The van der Waals surface area contributed by atoms with Gasteiger partial charge in [0.15, 0.2) is 0 Å². The van der Waals surface area contributed by atoms with Crippen molar-refractivity contribution >= 4 is 40.2 Å². The maximum Gasteiger partial charge on any atom is 0.300 e. The molecule has 0 spiro atoms. The summed E-state index contributed by atoms with van der Waals surface area (Å²) in [5.74, 6) is -0.864. The zero-order chi connectivity index (χ0) is 23.7. The first-order valence-electron chi connectivity index (χ1n) is 10.2. The maximum atomic E-state index is 13.2. The summed E-state index contributed by atoms with van der Waals surface area (Å²) in [5, 5.41) is 13.2. The molecule has 1 fully saturated rings. The Labute approximate surface area is 196 Å². The number of hydrogen-bond donors (Lipinski definition) is 1. The van der Waals surface area contributed by atoms with Crippen molar-refractivity contribution in [3.8, 4) is 11.5 Å². The molecular weight excluding hydrogens is 440 g/mol. The molecule has 1 aliphatic heterocycles. The fourth-order valence-corrected chi connectivity index (χ4v) is 4.69. The lowest BCUT2D eigenvalue weighted by molar-refractivity contribution is -0.132. The summed E-state index contributed by atoms with van der Waals surface area (Å²) in [7, 11) is 6.84. The summed E-state index contributed by atoms with van der Waals surface area (Å²) in [6, 6.07) is 15.2. The van der Waals surface area contributed by atoms with E-state index in [9.17, 15) is 14.7 Å². The Kier molecular flexibility index (Phi) is 6.11. The number of methoxy groups -OCH3 is 2. The van der Waals surface area contributed by atoms with Gasteiger partial charge in [-0.3, -0.25) is 14.5 Å². The number of anilines is 2. The van der Waals surface area contributed by atoms with E-state index in [0.29, 0.717) is 22.7 Å². The zero-order valence-electron chi connectivity index (χ0n) is 18.7. The number of aliphatic hydroxyl groups excluding tert-OH is 1. The van der Waals surface area contributed by atoms with Crippen LogP contribution in [-0.2, 0) is 9.59 Å². The molecule has 0 radical (unpaired) electrons. The van der Waals surface area contributed by atoms with E-state index in [2.05, 4.69) is 0 Å². The molecule has 1 aromatic heterocycles. The van der Waals surface area contributed by atoms with E-state index >= 15 is 0 Å². The summed E-state index contributed by atoms with van der Waals surface area (Å²) in [6.45, 7) is 0. The second-order valence-electron chi connectivity index (χ2n) is 7.66. The summed E-state index contributed by atoms with van der Waals surface area (Å²) in [4.78, 5) is 30.6. The number of hydrogen-bond acceptors (Lipinski definition) is 7. The van der Waals surface area contributed by atoms with Crippen LogP contribution < -0.4 is 19.3 Å². The van der Waals surface area contributed by atoms with Gasteiger partial charge in [0.05, 0.1) is 25.4 Å². The van der Waals surface area contributed by atoms with Crippen molar-refractivity contribution in [2.45, 2.75) is 6.04 Å². The number of carbonyl (C=O) groups is 2. The Morgan fingerprint density at radius 2 is 1.76 bits per heavy atom. The standard InChI is InChI=1S/C25H24N2O5S/c1-26(2)15-7-9-16(10-8-15)27-22(20-6-5-13-33-20)21(24(29)25(27)30)23(28)18-12-11-17(31-3)14-19(18)32-4/h5-14,22,28H,1-4H3/b23-21-. The highest BCUT2D eigenvalue weighted by Gasteiger charge is 2.47. The third-order valence-electron chi connectivity index (χ3n) is 5.57. The van der Waals surface area contributed by atoms with Crippen molar-refractivity contribution < 1.29 is 24.2 Å². The van der Waals surface area contributed by atoms with Crippen LogP contribution in [0.2, 0.25) is 0 Å². The lowest BCUT2D eigenvalue weighted by Gasteiger charge is -2.25. The van der Waals surface area contributed by atoms with E-state index in [1.54, 1.807) is 30.3 Å². The average Bonchev–Trinajstić information content (AvgIpc) is 3.45. The van der Waals surface area contributed by atoms with Crippen molar-refractivity contribution in [3.63, 3.8) is 0 Å². The van der Waals surface area contributed by atoms with Gasteiger partial charge in [-0.25, -0.2) is 0 Å². The fourth-order valence-electron chi connectivity index (χ4n) is 3.87. The quantitative estimate of drug-likeness (QED) is 0.330. The van der Waals surface area contributed by atoms with E-state index < -0.39 is 17.7 Å². The maximum absolute atomic E-state index is 13.2. The van der Waals surface area contributed by atoms with Gasteiger partial charge in [-0.2, -0.15) is 0 Å². The molecule has 1 amide bonds. The molecule has 1 saturated heterocycles. The molecule has 1 N–H and O–H groups in total. The molecule has 0 saturated carbocycles. The normalized spacial score (nSPS) is 17.3. The topological polar surface area (TPSA) is 79.3 Å². The van der Waals surface area contributed by atoms with Crippen LogP contribution in [0.25, 0.3) is 5.76 Å². The van der Waals surface area contributed by atoms with Crippen molar-refractivity contribution in [1.29, 1.82) is 0 Å². The van der Waals surface area contributed by atoms with Gasteiger partial charge in [0.1, 0.15) is 23.3 Å². The Bertz CT molecular complexity index is 1220. The Morgan fingerprint density at radius 3 is 2.33 bits per heavy atom. The highest BCUT2D eigenvalue weighted by molar-refractivity contribution is 7.10. The van der Waals surface area contributed by atoms with Gasteiger partial charge in [-0.15, -0.1) is 11.3 Å². The van der Waals surface area contributed by atoms with Crippen LogP contribution in [0, 0.1) is 0 Å². The van der Waals surface area contributed by atoms with Crippen LogP contribution in [0.15, 0.2) is 65.6 Å². The van der Waals surface area contributed by atoms with Crippen molar-refractivity contribution in [2.75, 3.05) is 38.1 Å². The minimum absolute atomic E-state index is 0.0163. The summed E-state index contributed by atoms with van der Waals surface area (Å²) in [5.41, 5.74) is 1.86. The summed E-state index contributed by atoms with van der Waals surface area (Å²) >= 11 is 1.41. The second-order valence-corrected chi connectivity index (χ2v) is 8.64. The van der Waals surface area contributed by atoms with Crippen LogP contribution in [0.4, 0.5) is 11.4 Å². The highest BCUT2D eigenvalue weighted by atomic mass is 32.1. The molecule has 3 aromatic rings. The van der Waals surface area contributed by atoms with Gasteiger partial charge in [-0.05, 0) is 47.8 Å². The summed E-state index contributed by atoms with van der Waals surface area (Å²) < 4.78 is 10.6. The van der Waals surface area contributed by atoms with Gasteiger partial charge in [0.2, 0.25) is 0 Å². The number of Topliss-reactive ketones (excluding diaryl/α,β-unsaturated/α-hetero) is 1. The second kappa shape index (κ2) is 8.99. The van der Waals surface area contributed by atoms with Crippen LogP contribution in [0.3, 0.4) is 0 Å². The first-order valence-corrected chi connectivity index (χ1v) is 11.1. The minimum Gasteiger partial charge on any atom is -0.507 e. The molecule has 2 heterocycles. The van der Waals surface area contributed by atoms with E-state index in [4.69, 9.17) is 9.47 Å². The van der Waals surface area contributed by atoms with E-state index in [1.807, 2.05) is 48.6 Å². The largest absolute Gasteiger partial charge is 0.507 e. The number of amides is 1. The predicted octanol–water partition coefficient (Wildman–Crippen LogP) is 4.46. The number of ether oxygens (including phenoxy) is 2. The van der Waals surface area contributed by atoms with Crippen LogP contribution in [0.1, 0.15) is 16.5 Å². The average molecular weight is 465 g/mol. The number of thiophene rings is 1. The first kappa shape index (κ1) is 22.4. The van der Waals surface area contributed by atoms with Crippen molar-refractivity contribution in [1.82, 2.24) is 0 Å². The number of benzene rings is 2. The monoisotopic (exact) mass is 464 g/mol. The predicted molar refractivity (Wildman–Crippen MR) is 129 cm³/mol. The highest BCUT2D eigenvalue weighted by Crippen LogP contribution is 2.45. The molecule has 170 valence electrons. The van der Waals surface area contributed by atoms with Crippen LogP contribution in [0.5, 0.6) is 11.5 Å². The smallest absolute Gasteiger partial charge is 0.300 e. The lowest BCUT2D eigenvalue weighted by atomic mass is 9.99. The van der Waals surface area contributed by atoms with Gasteiger partial charge in [0, 0.05) is 36.4 Å². The third-order valence-corrected chi connectivity index (χ3v) is 6.49. The first-order chi connectivity index (χ1) is 15.9. The molecule has 0 bridgehead atoms. The molecule has 33 heavy (non-hydrogen) atoms. The van der Waals surface area contributed by atoms with Crippen LogP contribution >= 0.6 is 11.3 Å². The number of rotatable bonds is 6. The Hall–Kier alpha value is -3.78. The lowest BCUT2D eigenvalue weighted by Crippen LogP contribution is -2.29.